The van der Waals surface area contributed by atoms with Crippen molar-refractivity contribution in [2.45, 2.75) is 133 Å². The predicted octanol–water partition coefficient (Wildman–Crippen LogP) is 11.7. The van der Waals surface area contributed by atoms with Gasteiger partial charge in [0.2, 0.25) is 10.0 Å². The molecule has 0 amide bonds. The number of sulfonamides is 2. The van der Waals surface area contributed by atoms with Crippen LogP contribution in [0.1, 0.15) is 107 Å². The van der Waals surface area contributed by atoms with Crippen molar-refractivity contribution in [3.8, 4) is 28.3 Å². The summed E-state index contributed by atoms with van der Waals surface area (Å²) in [5.74, 6) is -3.99. The minimum absolute atomic E-state index is 0.0820. The first-order valence-corrected chi connectivity index (χ1v) is 28.0. The Morgan fingerprint density at radius 1 is 0.558 bits per heavy atom. The third-order valence-corrected chi connectivity index (χ3v) is 15.3. The summed E-state index contributed by atoms with van der Waals surface area (Å²) >= 11 is 11.9. The lowest BCUT2D eigenvalue weighted by Crippen LogP contribution is -2.53. The highest BCUT2D eigenvalue weighted by Gasteiger charge is 2.69. The molecular formula is C58H65Cl2N3O12S2. The van der Waals surface area contributed by atoms with Gasteiger partial charge in [0.15, 0.2) is 0 Å². The Bertz CT molecular complexity index is 3240. The number of carbonyl (C=O) groups is 4. The Morgan fingerprint density at radius 2 is 0.922 bits per heavy atom. The van der Waals surface area contributed by atoms with Crippen LogP contribution in [0.5, 0.6) is 0 Å². The largest absolute Gasteiger partial charge is 0.459 e. The van der Waals surface area contributed by atoms with E-state index < -0.39 is 96.6 Å². The average Bonchev–Trinajstić information content (AvgIpc) is 4.07. The van der Waals surface area contributed by atoms with E-state index in [0.717, 1.165) is 26.6 Å². The Morgan fingerprint density at radius 3 is 1.30 bits per heavy atom. The Labute approximate surface area is 462 Å². The van der Waals surface area contributed by atoms with Crippen LogP contribution >= 0.6 is 23.2 Å². The molecule has 6 rings (SSSR count). The molecule has 410 valence electrons. The highest BCUT2D eigenvalue weighted by molar-refractivity contribution is 7.89. The number of esters is 4. The summed E-state index contributed by atoms with van der Waals surface area (Å²) in [6, 6.07) is 35.1. The molecule has 0 radical (unpaired) electrons. The topological polar surface area (TPSA) is 204 Å². The molecule has 0 spiro atoms. The van der Waals surface area contributed by atoms with Crippen molar-refractivity contribution in [1.29, 1.82) is 5.26 Å². The van der Waals surface area contributed by atoms with Gasteiger partial charge in [-0.15, -0.1) is 0 Å². The van der Waals surface area contributed by atoms with Crippen molar-refractivity contribution in [1.82, 2.24) is 8.61 Å². The van der Waals surface area contributed by atoms with Crippen molar-refractivity contribution >= 4 is 67.1 Å². The van der Waals surface area contributed by atoms with Gasteiger partial charge in [-0.1, -0.05) is 90.4 Å². The van der Waals surface area contributed by atoms with E-state index in [1.165, 1.54) is 24.3 Å². The van der Waals surface area contributed by atoms with E-state index in [-0.39, 0.29) is 16.2 Å². The van der Waals surface area contributed by atoms with E-state index in [1.807, 2.05) is 24.3 Å². The Kier molecular flexibility index (Phi) is 18.8. The molecule has 0 aliphatic heterocycles. The van der Waals surface area contributed by atoms with Crippen LogP contribution in [0.15, 0.2) is 143 Å². The zero-order valence-corrected chi connectivity index (χ0v) is 48.4. The zero-order chi connectivity index (χ0) is 57.7. The highest BCUT2D eigenvalue weighted by atomic mass is 35.5. The van der Waals surface area contributed by atoms with E-state index in [0.29, 0.717) is 25.5 Å². The fourth-order valence-corrected chi connectivity index (χ4v) is 11.1. The van der Waals surface area contributed by atoms with Gasteiger partial charge >= 0.3 is 23.9 Å². The van der Waals surface area contributed by atoms with E-state index in [4.69, 9.17) is 42.1 Å². The van der Waals surface area contributed by atoms with Crippen LogP contribution in [0.3, 0.4) is 0 Å². The summed E-state index contributed by atoms with van der Waals surface area (Å²) in [7, 11) is -8.79. The lowest BCUT2D eigenvalue weighted by Gasteiger charge is -2.33. The van der Waals surface area contributed by atoms with Crippen molar-refractivity contribution in [2.24, 2.45) is 0 Å². The second kappa shape index (κ2) is 23.6. The maximum absolute atomic E-state index is 14.4. The van der Waals surface area contributed by atoms with Gasteiger partial charge in [-0.25, -0.2) is 30.7 Å². The molecule has 0 heterocycles. The molecule has 5 aromatic carbocycles. The van der Waals surface area contributed by atoms with Crippen molar-refractivity contribution in [2.75, 3.05) is 13.1 Å². The standard InChI is InChI=1S/C33H35ClN2O6S.C25H30ClNO6S/c1-31(2,3)41-29(37)21-36(43(39,40)27-17-13-24(14-18-27)23-11-15-26(34)16-12-23)33(30(38)42-32(4,5)6)19-28(33)25-9-7-22(20-35)8-10-25;1-17(23(29)33-25(5,6)7)27(16-22(28)32-24(2,3)4)34(30,31)21-14-10-19(11-15-21)18-8-12-20(26)13-9-18/h7-18,28H,19,21H2,1-6H3;8-15H,1,16H2,2-7H3. The van der Waals surface area contributed by atoms with Crippen LogP contribution in [0.4, 0.5) is 0 Å². The Balaban J connectivity index is 0.000000293. The average molecular weight is 1130 g/mol. The molecular weight excluding hydrogens is 1070 g/mol. The highest BCUT2D eigenvalue weighted by Crippen LogP contribution is 2.58. The summed E-state index contributed by atoms with van der Waals surface area (Å²) in [6.07, 6.45) is 0.0820. The fourth-order valence-electron chi connectivity index (χ4n) is 7.77. The van der Waals surface area contributed by atoms with Crippen LogP contribution in [0, 0.1) is 11.3 Å². The monoisotopic (exact) mass is 1130 g/mol. The number of ether oxygens (including phenoxy) is 4. The van der Waals surface area contributed by atoms with E-state index >= 15 is 0 Å². The molecule has 0 saturated heterocycles. The van der Waals surface area contributed by atoms with Gasteiger partial charge in [0, 0.05) is 16.0 Å². The first-order valence-electron chi connectivity index (χ1n) is 24.3. The van der Waals surface area contributed by atoms with Gasteiger partial charge < -0.3 is 18.9 Å². The molecule has 2 unspecified atom stereocenters. The molecule has 1 fully saturated rings. The number of rotatable bonds is 15. The molecule has 0 aromatic heterocycles. The molecule has 1 aliphatic carbocycles. The minimum Gasteiger partial charge on any atom is -0.459 e. The van der Waals surface area contributed by atoms with Gasteiger partial charge in [-0.2, -0.15) is 9.57 Å². The Hall–Kier alpha value is -6.55. The molecule has 2 atom stereocenters. The van der Waals surface area contributed by atoms with Gasteiger partial charge in [0.05, 0.1) is 21.4 Å². The third kappa shape index (κ3) is 16.5. The number of hydrogen-bond donors (Lipinski definition) is 0. The van der Waals surface area contributed by atoms with Gasteiger partial charge in [-0.05, 0) is 178 Å². The van der Waals surface area contributed by atoms with Gasteiger partial charge in [0.1, 0.15) is 46.7 Å². The maximum Gasteiger partial charge on any atom is 0.355 e. The molecule has 0 N–H and O–H groups in total. The van der Waals surface area contributed by atoms with Crippen LogP contribution in [-0.2, 0) is 58.2 Å². The van der Waals surface area contributed by atoms with Gasteiger partial charge in [-0.3, -0.25) is 9.59 Å². The number of nitrogens with zero attached hydrogens (tertiary/aromatic N) is 3. The lowest BCUT2D eigenvalue weighted by atomic mass is 10.0. The molecule has 0 bridgehead atoms. The summed E-state index contributed by atoms with van der Waals surface area (Å²) in [5, 5.41) is 10.4. The minimum atomic E-state index is -4.45. The molecule has 19 heteroatoms. The summed E-state index contributed by atoms with van der Waals surface area (Å²) in [5.41, 5.74) is -1.48. The van der Waals surface area contributed by atoms with Crippen LogP contribution in [-0.4, -0.2) is 90.4 Å². The fraction of sp³-hybridized carbons (Fsp3) is 0.362. The smallest absolute Gasteiger partial charge is 0.355 e. The summed E-state index contributed by atoms with van der Waals surface area (Å²) in [4.78, 5) is 52.0. The number of nitriles is 1. The predicted molar refractivity (Wildman–Crippen MR) is 295 cm³/mol. The summed E-state index contributed by atoms with van der Waals surface area (Å²) < 4.78 is 79.1. The number of carbonyl (C=O) groups excluding carboxylic acids is 4. The maximum atomic E-state index is 14.4. The van der Waals surface area contributed by atoms with Crippen molar-refractivity contribution in [3.63, 3.8) is 0 Å². The van der Waals surface area contributed by atoms with E-state index in [9.17, 15) is 41.3 Å². The SMILES string of the molecule is C=C(C(=O)OC(C)(C)C)N(CC(=O)OC(C)(C)C)S(=O)(=O)c1ccc(-c2ccc(Cl)cc2)cc1.CC(C)(C)OC(=O)CN(C1(C(=O)OC(C)(C)C)CC1c1ccc(C#N)cc1)S(=O)(=O)c1ccc(-c2ccc(Cl)cc2)cc1. The number of hydrogen-bond acceptors (Lipinski definition) is 13. The lowest BCUT2D eigenvalue weighted by molar-refractivity contribution is -0.164. The quantitative estimate of drug-likeness (QED) is 0.0544. The van der Waals surface area contributed by atoms with Gasteiger partial charge in [0.25, 0.3) is 10.0 Å². The second-order valence-corrected chi connectivity index (χ2v) is 26.7. The molecule has 1 aliphatic rings. The van der Waals surface area contributed by atoms with Crippen molar-refractivity contribution in [3.05, 3.63) is 155 Å². The number of halogens is 2. The zero-order valence-electron chi connectivity index (χ0n) is 45.3. The first-order chi connectivity index (χ1) is 35.5. The number of benzene rings is 5. The second-order valence-electron chi connectivity index (χ2n) is 22.1. The molecule has 5 aromatic rings. The van der Waals surface area contributed by atoms with Crippen LogP contribution < -0.4 is 0 Å². The van der Waals surface area contributed by atoms with E-state index in [1.54, 1.807) is 156 Å². The summed E-state index contributed by atoms with van der Waals surface area (Å²) in [6.45, 7) is 22.2. The van der Waals surface area contributed by atoms with Crippen LogP contribution in [0.2, 0.25) is 10.0 Å². The first kappa shape index (κ1) is 61.3. The van der Waals surface area contributed by atoms with Crippen LogP contribution in [0.25, 0.3) is 22.3 Å². The molecule has 1 saturated carbocycles. The molecule has 77 heavy (non-hydrogen) atoms. The van der Waals surface area contributed by atoms with E-state index in [2.05, 4.69) is 12.6 Å². The molecule has 15 nitrogen and oxygen atoms in total. The third-order valence-electron chi connectivity index (χ3n) is 11.1. The van der Waals surface area contributed by atoms with Crippen molar-refractivity contribution < 1.29 is 55.0 Å². The normalized spacial score (nSPS) is 15.7.